The van der Waals surface area contributed by atoms with E-state index in [2.05, 4.69) is 20.8 Å². The fourth-order valence-electron chi connectivity index (χ4n) is 1.50. The number of hydrogen-bond donors (Lipinski definition) is 2. The van der Waals surface area contributed by atoms with E-state index in [0.29, 0.717) is 27.4 Å². The van der Waals surface area contributed by atoms with Crippen LogP contribution in [-0.4, -0.2) is 31.0 Å². The lowest BCUT2D eigenvalue weighted by Crippen LogP contribution is -2.14. The monoisotopic (exact) mass is 314 g/mol. The minimum atomic E-state index is -3.26. The van der Waals surface area contributed by atoms with Crippen LogP contribution in [0.3, 0.4) is 0 Å². The van der Waals surface area contributed by atoms with Gasteiger partial charge in [0, 0.05) is 16.6 Å². The fraction of sp³-hybridized carbons (Fsp3) is 0.500. The first kappa shape index (κ1) is 17.0. The molecule has 0 aromatic heterocycles. The van der Waals surface area contributed by atoms with Crippen LogP contribution in [0.25, 0.3) is 0 Å². The van der Waals surface area contributed by atoms with Gasteiger partial charge in [-0.2, -0.15) is 11.8 Å². The van der Waals surface area contributed by atoms with Gasteiger partial charge in [-0.05, 0) is 18.1 Å². The summed E-state index contributed by atoms with van der Waals surface area (Å²) in [6.07, 6.45) is 0. The minimum Gasteiger partial charge on any atom is -0.384 e. The van der Waals surface area contributed by atoms with Gasteiger partial charge < -0.3 is 5.73 Å². The average molecular weight is 314 g/mol. The predicted octanol–water partition coefficient (Wildman–Crippen LogP) is 2.52. The van der Waals surface area contributed by atoms with Crippen LogP contribution >= 0.6 is 11.8 Å². The third kappa shape index (κ3) is 4.83. The SMILES string of the molecule is CC(C)C(C)SCCS(=O)(=O)c1ccc(C(=N)N)cc1. The lowest BCUT2D eigenvalue weighted by Gasteiger charge is -2.14. The molecule has 1 atom stereocenters. The molecule has 0 bridgehead atoms. The van der Waals surface area contributed by atoms with Crippen LogP contribution in [0.2, 0.25) is 0 Å². The van der Waals surface area contributed by atoms with Gasteiger partial charge in [0.2, 0.25) is 0 Å². The topological polar surface area (TPSA) is 84.0 Å². The maximum Gasteiger partial charge on any atom is 0.179 e. The molecule has 6 heteroatoms. The molecule has 4 nitrogen and oxygen atoms in total. The molecular weight excluding hydrogens is 292 g/mol. The summed E-state index contributed by atoms with van der Waals surface area (Å²) in [6, 6.07) is 6.17. The van der Waals surface area contributed by atoms with Gasteiger partial charge in [-0.3, -0.25) is 5.41 Å². The van der Waals surface area contributed by atoms with Crippen LogP contribution in [0, 0.1) is 11.3 Å². The molecule has 0 heterocycles. The number of nitrogens with one attached hydrogen (secondary N) is 1. The van der Waals surface area contributed by atoms with Crippen LogP contribution in [0.15, 0.2) is 29.2 Å². The second kappa shape index (κ2) is 7.13. The van der Waals surface area contributed by atoms with Crippen molar-refractivity contribution in [3.8, 4) is 0 Å². The molecule has 0 spiro atoms. The van der Waals surface area contributed by atoms with Crippen LogP contribution in [0.5, 0.6) is 0 Å². The maximum absolute atomic E-state index is 12.2. The zero-order valence-corrected chi connectivity index (χ0v) is 13.7. The van der Waals surface area contributed by atoms with Crippen molar-refractivity contribution in [1.82, 2.24) is 0 Å². The third-order valence-electron chi connectivity index (χ3n) is 3.20. The number of thioether (sulfide) groups is 1. The number of nitrogens with two attached hydrogens (primary N) is 1. The van der Waals surface area contributed by atoms with Crippen molar-refractivity contribution in [3.05, 3.63) is 29.8 Å². The first-order valence-corrected chi connectivity index (χ1v) is 9.23. The van der Waals surface area contributed by atoms with E-state index in [9.17, 15) is 8.42 Å². The Balaban J connectivity index is 2.67. The molecule has 0 aliphatic heterocycles. The van der Waals surface area contributed by atoms with E-state index in [4.69, 9.17) is 11.1 Å². The Bertz CT molecular complexity index is 551. The lowest BCUT2D eigenvalue weighted by molar-refractivity contribution is 0.597. The summed E-state index contributed by atoms with van der Waals surface area (Å²) in [5.74, 6) is 1.21. The van der Waals surface area contributed by atoms with E-state index in [1.165, 1.54) is 12.1 Å². The molecule has 0 radical (unpaired) electrons. The molecule has 1 unspecified atom stereocenters. The number of rotatable bonds is 7. The smallest absolute Gasteiger partial charge is 0.179 e. The van der Waals surface area contributed by atoms with Gasteiger partial charge in [-0.15, -0.1) is 0 Å². The Labute approximate surface area is 125 Å². The number of benzene rings is 1. The Morgan fingerprint density at radius 2 is 1.80 bits per heavy atom. The van der Waals surface area contributed by atoms with E-state index in [0.717, 1.165) is 0 Å². The highest BCUT2D eigenvalue weighted by Crippen LogP contribution is 2.20. The van der Waals surface area contributed by atoms with Crippen molar-refractivity contribution in [2.24, 2.45) is 11.7 Å². The Morgan fingerprint density at radius 3 is 2.25 bits per heavy atom. The van der Waals surface area contributed by atoms with Gasteiger partial charge in [0.05, 0.1) is 10.6 Å². The minimum absolute atomic E-state index is 0.0599. The largest absolute Gasteiger partial charge is 0.384 e. The van der Waals surface area contributed by atoms with E-state index in [1.54, 1.807) is 23.9 Å². The molecule has 1 aromatic carbocycles. The second-order valence-corrected chi connectivity index (χ2v) is 8.67. The molecule has 3 N–H and O–H groups in total. The lowest BCUT2D eigenvalue weighted by atomic mass is 10.2. The van der Waals surface area contributed by atoms with Gasteiger partial charge in [-0.1, -0.05) is 32.9 Å². The molecule has 0 aliphatic rings. The Morgan fingerprint density at radius 1 is 1.25 bits per heavy atom. The molecule has 0 amide bonds. The number of amidine groups is 1. The average Bonchev–Trinajstić information content (AvgIpc) is 2.38. The summed E-state index contributed by atoms with van der Waals surface area (Å²) >= 11 is 1.68. The quantitative estimate of drug-likeness (QED) is 0.598. The van der Waals surface area contributed by atoms with Gasteiger partial charge in [-0.25, -0.2) is 8.42 Å². The molecule has 0 aliphatic carbocycles. The highest BCUT2D eigenvalue weighted by Gasteiger charge is 2.16. The van der Waals surface area contributed by atoms with Crippen LogP contribution in [0.1, 0.15) is 26.3 Å². The van der Waals surface area contributed by atoms with Crippen molar-refractivity contribution in [2.75, 3.05) is 11.5 Å². The molecule has 0 saturated carbocycles. The zero-order valence-electron chi connectivity index (χ0n) is 12.1. The Hall–Kier alpha value is -1.01. The number of hydrogen-bond acceptors (Lipinski definition) is 4. The second-order valence-electron chi connectivity index (χ2n) is 5.08. The maximum atomic E-state index is 12.2. The first-order chi connectivity index (χ1) is 9.24. The van der Waals surface area contributed by atoms with Crippen molar-refractivity contribution in [3.63, 3.8) is 0 Å². The summed E-state index contributed by atoms with van der Waals surface area (Å²) in [5, 5.41) is 7.73. The van der Waals surface area contributed by atoms with E-state index < -0.39 is 9.84 Å². The Kier molecular flexibility index (Phi) is 6.07. The van der Waals surface area contributed by atoms with Gasteiger partial charge in [0.25, 0.3) is 0 Å². The third-order valence-corrected chi connectivity index (χ3v) is 6.70. The molecular formula is C14H22N2O2S2. The predicted molar refractivity (Wildman–Crippen MR) is 86.3 cm³/mol. The summed E-state index contributed by atoms with van der Waals surface area (Å²) in [7, 11) is -3.26. The van der Waals surface area contributed by atoms with Gasteiger partial charge in [0.15, 0.2) is 9.84 Å². The molecule has 0 fully saturated rings. The summed E-state index contributed by atoms with van der Waals surface area (Å²) in [4.78, 5) is 0.292. The molecule has 20 heavy (non-hydrogen) atoms. The fourth-order valence-corrected chi connectivity index (χ4v) is 4.30. The van der Waals surface area contributed by atoms with Crippen LogP contribution in [0.4, 0.5) is 0 Å². The highest BCUT2D eigenvalue weighted by molar-refractivity contribution is 8.01. The summed E-state index contributed by atoms with van der Waals surface area (Å²) in [5.41, 5.74) is 5.88. The molecule has 1 rings (SSSR count). The normalized spacial score (nSPS) is 13.4. The van der Waals surface area contributed by atoms with Crippen molar-refractivity contribution in [2.45, 2.75) is 30.9 Å². The van der Waals surface area contributed by atoms with Crippen molar-refractivity contribution in [1.29, 1.82) is 5.41 Å². The van der Waals surface area contributed by atoms with Crippen molar-refractivity contribution < 1.29 is 8.42 Å². The van der Waals surface area contributed by atoms with Gasteiger partial charge >= 0.3 is 0 Å². The first-order valence-electron chi connectivity index (χ1n) is 6.53. The van der Waals surface area contributed by atoms with E-state index >= 15 is 0 Å². The highest BCUT2D eigenvalue weighted by atomic mass is 32.2. The van der Waals surface area contributed by atoms with Crippen LogP contribution < -0.4 is 5.73 Å². The summed E-state index contributed by atoms with van der Waals surface area (Å²) in [6.45, 7) is 6.38. The van der Waals surface area contributed by atoms with Crippen LogP contribution in [-0.2, 0) is 9.84 Å². The molecule has 112 valence electrons. The van der Waals surface area contributed by atoms with Crippen molar-refractivity contribution >= 4 is 27.4 Å². The molecule has 0 saturated heterocycles. The summed E-state index contributed by atoms with van der Waals surface area (Å²) < 4.78 is 24.3. The zero-order chi connectivity index (χ0) is 15.3. The van der Waals surface area contributed by atoms with Gasteiger partial charge in [0.1, 0.15) is 5.84 Å². The molecule has 1 aromatic rings. The van der Waals surface area contributed by atoms with E-state index in [-0.39, 0.29) is 11.6 Å². The number of nitrogen functional groups attached to an aromatic ring is 1. The standard InChI is InChI=1S/C14H22N2O2S2/c1-10(2)11(3)19-8-9-20(17,18)13-6-4-12(5-7-13)14(15)16/h4-7,10-11H,8-9H2,1-3H3,(H3,15,16). The van der Waals surface area contributed by atoms with E-state index in [1.807, 2.05) is 0 Å². The number of sulfone groups is 1.